The van der Waals surface area contributed by atoms with Crippen molar-refractivity contribution >= 4 is 11.8 Å². The molecule has 1 N–H and O–H groups in total. The molecule has 1 aliphatic heterocycles. The van der Waals surface area contributed by atoms with Gasteiger partial charge in [0.1, 0.15) is 5.76 Å². The van der Waals surface area contributed by atoms with Gasteiger partial charge in [0.25, 0.3) is 5.89 Å². The minimum atomic E-state index is 0.125. The van der Waals surface area contributed by atoms with Gasteiger partial charge in [-0.15, -0.1) is 0 Å². The van der Waals surface area contributed by atoms with Gasteiger partial charge >= 0.3 is 0 Å². The van der Waals surface area contributed by atoms with E-state index >= 15 is 0 Å². The van der Waals surface area contributed by atoms with Gasteiger partial charge in [0, 0.05) is 39.1 Å². The summed E-state index contributed by atoms with van der Waals surface area (Å²) in [7, 11) is 4.04. The molecule has 4 rings (SSSR count). The summed E-state index contributed by atoms with van der Waals surface area (Å²) in [5, 5.41) is 8.43. The average Bonchev–Trinajstić information content (AvgIpc) is 3.34. The topological polar surface area (TPSA) is 85.1 Å². The number of hydrogen-bond donors (Lipinski definition) is 1. The Labute approximate surface area is 149 Å². The summed E-state index contributed by atoms with van der Waals surface area (Å²) < 4.78 is 13.2. The van der Waals surface area contributed by atoms with E-state index in [9.17, 15) is 0 Å². The van der Waals surface area contributed by atoms with Crippen LogP contribution in [0.25, 0.3) is 11.7 Å². The van der Waals surface area contributed by atoms with Crippen LogP contribution >= 0.6 is 11.8 Å². The maximum Gasteiger partial charge on any atom is 0.293 e. The number of hydrogen-bond acceptors (Lipinski definition) is 8. The number of rotatable bonds is 5. The highest BCUT2D eigenvalue weighted by molar-refractivity contribution is 7.98. The van der Waals surface area contributed by atoms with E-state index in [1.807, 2.05) is 29.9 Å². The lowest BCUT2D eigenvalue weighted by Gasteiger charge is -2.30. The molecule has 0 aromatic carbocycles. The van der Waals surface area contributed by atoms with Gasteiger partial charge in [-0.2, -0.15) is 4.98 Å². The van der Waals surface area contributed by atoms with E-state index in [1.165, 1.54) is 0 Å². The van der Waals surface area contributed by atoms with E-state index in [2.05, 4.69) is 32.4 Å². The summed E-state index contributed by atoms with van der Waals surface area (Å²) in [6.07, 6.45) is 3.71. The SMILES string of the molecule is CN1CCNCC1c1noc(-c2ccc(CSc3nccn3C)o2)n1. The Bertz CT molecular complexity index is 841. The molecule has 0 spiro atoms. The van der Waals surface area contributed by atoms with Crippen LogP contribution < -0.4 is 5.32 Å². The molecule has 0 bridgehead atoms. The van der Waals surface area contributed by atoms with Gasteiger partial charge in [-0.3, -0.25) is 4.90 Å². The number of aromatic nitrogens is 4. The Morgan fingerprint density at radius 2 is 2.28 bits per heavy atom. The zero-order chi connectivity index (χ0) is 17.2. The number of thioether (sulfide) groups is 1. The Morgan fingerprint density at radius 1 is 1.36 bits per heavy atom. The van der Waals surface area contributed by atoms with Crippen molar-refractivity contribution in [3.8, 4) is 11.7 Å². The van der Waals surface area contributed by atoms with Gasteiger partial charge in [-0.05, 0) is 19.2 Å². The van der Waals surface area contributed by atoms with Crippen LogP contribution in [0.2, 0.25) is 0 Å². The highest BCUT2D eigenvalue weighted by Gasteiger charge is 2.26. The second kappa shape index (κ2) is 7.03. The summed E-state index contributed by atoms with van der Waals surface area (Å²) in [6.45, 7) is 2.76. The van der Waals surface area contributed by atoms with E-state index in [0.29, 0.717) is 23.2 Å². The molecule has 3 aromatic rings. The molecule has 0 radical (unpaired) electrons. The van der Waals surface area contributed by atoms with Crippen LogP contribution in [0.1, 0.15) is 17.6 Å². The molecule has 25 heavy (non-hydrogen) atoms. The third-order valence-corrected chi connectivity index (χ3v) is 5.32. The van der Waals surface area contributed by atoms with E-state index in [1.54, 1.807) is 18.0 Å². The Balaban J connectivity index is 1.44. The van der Waals surface area contributed by atoms with E-state index in [-0.39, 0.29) is 6.04 Å². The van der Waals surface area contributed by atoms with Crippen molar-refractivity contribution in [3.05, 3.63) is 36.1 Å². The fourth-order valence-corrected chi connectivity index (χ4v) is 3.59. The molecule has 9 heteroatoms. The standard InChI is InChI=1S/C16H20N6O2S/c1-21-7-5-17-9-12(21)14-19-15(24-20-14)13-4-3-11(23-13)10-25-16-18-6-8-22(16)2/h3-4,6,8,12,17H,5,7,9-10H2,1-2H3. The summed E-state index contributed by atoms with van der Waals surface area (Å²) in [5.41, 5.74) is 0. The zero-order valence-electron chi connectivity index (χ0n) is 14.2. The molecule has 3 aromatic heterocycles. The highest BCUT2D eigenvalue weighted by atomic mass is 32.2. The van der Waals surface area contributed by atoms with Crippen LogP contribution in [0.15, 0.2) is 38.6 Å². The fraction of sp³-hybridized carbons (Fsp3) is 0.438. The molecule has 0 aliphatic carbocycles. The molecule has 1 unspecified atom stereocenters. The molecular formula is C16H20N6O2S. The third-order valence-electron chi connectivity index (χ3n) is 4.24. The number of furan rings is 1. The van der Waals surface area contributed by atoms with E-state index in [0.717, 1.165) is 30.6 Å². The maximum absolute atomic E-state index is 5.85. The van der Waals surface area contributed by atoms with Gasteiger partial charge in [0.2, 0.25) is 0 Å². The van der Waals surface area contributed by atoms with Gasteiger partial charge in [-0.25, -0.2) is 4.98 Å². The Hall–Kier alpha value is -2.10. The Kier molecular flexibility index (Phi) is 4.60. The summed E-state index contributed by atoms with van der Waals surface area (Å²) in [6, 6.07) is 3.93. The number of imidazole rings is 1. The van der Waals surface area contributed by atoms with Crippen molar-refractivity contribution in [1.29, 1.82) is 0 Å². The van der Waals surface area contributed by atoms with Crippen molar-refractivity contribution < 1.29 is 8.94 Å². The number of likely N-dealkylation sites (N-methyl/N-ethyl adjacent to an activating group) is 1. The van der Waals surface area contributed by atoms with E-state index < -0.39 is 0 Å². The van der Waals surface area contributed by atoms with Gasteiger partial charge in [0.15, 0.2) is 16.7 Å². The van der Waals surface area contributed by atoms with Crippen LogP contribution in [0.4, 0.5) is 0 Å². The fourth-order valence-electron chi connectivity index (χ4n) is 2.76. The predicted octanol–water partition coefficient (Wildman–Crippen LogP) is 1.93. The van der Waals surface area contributed by atoms with Gasteiger partial charge in [0.05, 0.1) is 11.8 Å². The molecule has 1 aliphatic rings. The van der Waals surface area contributed by atoms with Crippen LogP contribution in [0, 0.1) is 0 Å². The normalized spacial score (nSPS) is 18.7. The quantitative estimate of drug-likeness (QED) is 0.691. The van der Waals surface area contributed by atoms with Crippen molar-refractivity contribution in [2.45, 2.75) is 17.0 Å². The zero-order valence-corrected chi connectivity index (χ0v) is 15.0. The van der Waals surface area contributed by atoms with Crippen LogP contribution in [-0.2, 0) is 12.8 Å². The van der Waals surface area contributed by atoms with Crippen LogP contribution in [-0.4, -0.2) is 51.3 Å². The molecule has 1 fully saturated rings. The summed E-state index contributed by atoms with van der Waals surface area (Å²) >= 11 is 1.62. The minimum Gasteiger partial charge on any atom is -0.455 e. The Morgan fingerprint density at radius 3 is 3.08 bits per heavy atom. The number of nitrogens with one attached hydrogen (secondary N) is 1. The van der Waals surface area contributed by atoms with Crippen molar-refractivity contribution in [2.24, 2.45) is 7.05 Å². The molecular weight excluding hydrogens is 340 g/mol. The number of aryl methyl sites for hydroxylation is 1. The van der Waals surface area contributed by atoms with Gasteiger partial charge in [-0.1, -0.05) is 16.9 Å². The number of piperazine rings is 1. The van der Waals surface area contributed by atoms with Gasteiger partial charge < -0.3 is 18.8 Å². The molecule has 1 atom stereocenters. The lowest BCUT2D eigenvalue weighted by Crippen LogP contribution is -2.44. The minimum absolute atomic E-state index is 0.125. The lowest BCUT2D eigenvalue weighted by atomic mass is 10.2. The summed E-state index contributed by atoms with van der Waals surface area (Å²) in [4.78, 5) is 11.0. The molecule has 8 nitrogen and oxygen atoms in total. The smallest absolute Gasteiger partial charge is 0.293 e. The maximum atomic E-state index is 5.85. The molecule has 1 saturated heterocycles. The average molecular weight is 360 g/mol. The highest BCUT2D eigenvalue weighted by Crippen LogP contribution is 2.27. The first-order valence-corrected chi connectivity index (χ1v) is 9.13. The molecule has 0 amide bonds. The first-order valence-electron chi connectivity index (χ1n) is 8.14. The first kappa shape index (κ1) is 16.4. The summed E-state index contributed by atoms with van der Waals surface area (Å²) in [5.74, 6) is 3.24. The predicted molar refractivity (Wildman–Crippen MR) is 93.0 cm³/mol. The van der Waals surface area contributed by atoms with E-state index in [4.69, 9.17) is 8.94 Å². The lowest BCUT2D eigenvalue weighted by molar-refractivity contribution is 0.190. The second-order valence-electron chi connectivity index (χ2n) is 6.03. The first-order chi connectivity index (χ1) is 12.2. The molecule has 132 valence electrons. The van der Waals surface area contributed by atoms with Crippen molar-refractivity contribution in [1.82, 2.24) is 29.9 Å². The van der Waals surface area contributed by atoms with Crippen molar-refractivity contribution in [2.75, 3.05) is 26.7 Å². The third kappa shape index (κ3) is 3.48. The number of nitrogens with zero attached hydrogens (tertiary/aromatic N) is 5. The van der Waals surface area contributed by atoms with Crippen molar-refractivity contribution in [3.63, 3.8) is 0 Å². The largest absolute Gasteiger partial charge is 0.455 e. The van der Waals surface area contributed by atoms with Crippen LogP contribution in [0.5, 0.6) is 0 Å². The van der Waals surface area contributed by atoms with Crippen LogP contribution in [0.3, 0.4) is 0 Å². The monoisotopic (exact) mass is 360 g/mol. The molecule has 4 heterocycles. The second-order valence-corrected chi connectivity index (χ2v) is 6.98. The molecule has 0 saturated carbocycles.